The molecule has 1 aromatic rings. The van der Waals surface area contributed by atoms with Crippen molar-refractivity contribution >= 4 is 11.6 Å². The Bertz CT molecular complexity index is 443. The number of amides is 1. The maximum absolute atomic E-state index is 11.1. The third-order valence-electron chi connectivity index (χ3n) is 2.44. The van der Waals surface area contributed by atoms with E-state index in [1.165, 1.54) is 0 Å². The number of hydrogen-bond donors (Lipinski definition) is 3. The number of hydrazine groups is 1. The van der Waals surface area contributed by atoms with E-state index in [4.69, 9.17) is 4.74 Å². The molecule has 0 spiro atoms. The van der Waals surface area contributed by atoms with Crippen molar-refractivity contribution in [2.75, 3.05) is 19.1 Å². The topological polar surface area (TPSA) is 62.4 Å². The van der Waals surface area contributed by atoms with Gasteiger partial charge in [0.2, 0.25) is 5.91 Å². The molecule has 1 heterocycles. The molecule has 0 atom stereocenters. The van der Waals surface area contributed by atoms with E-state index >= 15 is 0 Å². The van der Waals surface area contributed by atoms with Crippen LogP contribution in [0.1, 0.15) is 6.42 Å². The second-order valence-electron chi connectivity index (χ2n) is 3.69. The Labute approximate surface area is 99.8 Å². The number of benzene rings is 1. The second-order valence-corrected chi connectivity index (χ2v) is 3.69. The Morgan fingerprint density at radius 3 is 3.00 bits per heavy atom. The van der Waals surface area contributed by atoms with Crippen LogP contribution in [-0.2, 0) is 4.79 Å². The van der Waals surface area contributed by atoms with Crippen LogP contribution in [0.25, 0.3) is 0 Å². The lowest BCUT2D eigenvalue weighted by Gasteiger charge is -2.17. The zero-order chi connectivity index (χ0) is 12.1. The molecule has 5 nitrogen and oxygen atoms in total. The summed E-state index contributed by atoms with van der Waals surface area (Å²) in [7, 11) is 1.63. The van der Waals surface area contributed by atoms with Gasteiger partial charge in [-0.2, -0.15) is 0 Å². The van der Waals surface area contributed by atoms with Gasteiger partial charge in [-0.25, -0.2) is 0 Å². The summed E-state index contributed by atoms with van der Waals surface area (Å²) >= 11 is 0. The van der Waals surface area contributed by atoms with E-state index < -0.39 is 0 Å². The van der Waals surface area contributed by atoms with Gasteiger partial charge < -0.3 is 20.9 Å². The summed E-state index contributed by atoms with van der Waals surface area (Å²) in [6, 6.07) is 7.55. The molecule has 1 aliphatic rings. The van der Waals surface area contributed by atoms with Crippen LogP contribution >= 0.6 is 0 Å². The molecule has 0 saturated carbocycles. The predicted molar refractivity (Wildman–Crippen MR) is 65.5 cm³/mol. The van der Waals surface area contributed by atoms with Gasteiger partial charge in [-0.15, -0.1) is 0 Å². The summed E-state index contributed by atoms with van der Waals surface area (Å²) in [6.07, 6.45) is 2.35. The Kier molecular flexibility index (Phi) is 3.49. The summed E-state index contributed by atoms with van der Waals surface area (Å²) in [5.41, 5.74) is 7.80. The summed E-state index contributed by atoms with van der Waals surface area (Å²) in [5.74, 6) is 0.721. The lowest BCUT2D eigenvalue weighted by Crippen LogP contribution is -2.33. The summed E-state index contributed by atoms with van der Waals surface area (Å²) in [5, 5.41) is 2.73. The number of nitrogens with one attached hydrogen (secondary N) is 3. The molecule has 0 unspecified atom stereocenters. The first kappa shape index (κ1) is 11.3. The summed E-state index contributed by atoms with van der Waals surface area (Å²) in [4.78, 5) is 11.1. The van der Waals surface area contributed by atoms with E-state index in [1.807, 2.05) is 24.3 Å². The zero-order valence-electron chi connectivity index (χ0n) is 9.62. The van der Waals surface area contributed by atoms with E-state index in [0.717, 1.165) is 23.6 Å². The fourth-order valence-electron chi connectivity index (χ4n) is 1.55. The lowest BCUT2D eigenvalue weighted by atomic mass is 10.2. The molecule has 90 valence electrons. The first-order valence-electron chi connectivity index (χ1n) is 5.42. The molecule has 2 rings (SSSR count). The average Bonchev–Trinajstić information content (AvgIpc) is 2.37. The van der Waals surface area contributed by atoms with Gasteiger partial charge in [0.1, 0.15) is 5.75 Å². The minimum atomic E-state index is -0.0637. The molecular weight excluding hydrogens is 218 g/mol. The van der Waals surface area contributed by atoms with Crippen molar-refractivity contribution in [2.45, 2.75) is 6.42 Å². The van der Waals surface area contributed by atoms with Crippen LogP contribution in [0.15, 0.2) is 36.0 Å². The Morgan fingerprint density at radius 2 is 2.24 bits per heavy atom. The first-order chi connectivity index (χ1) is 8.28. The summed E-state index contributed by atoms with van der Waals surface area (Å²) < 4.78 is 5.12. The number of carbonyl (C=O) groups excluding carboxylic acids is 1. The van der Waals surface area contributed by atoms with Crippen molar-refractivity contribution in [3.8, 4) is 5.75 Å². The maximum atomic E-state index is 11.1. The smallest absolute Gasteiger partial charge is 0.245 e. The zero-order valence-corrected chi connectivity index (χ0v) is 9.62. The largest absolute Gasteiger partial charge is 0.497 e. The fraction of sp³-hybridized carbons (Fsp3) is 0.250. The molecular formula is C12H15N3O2. The molecule has 0 aromatic heterocycles. The van der Waals surface area contributed by atoms with Crippen LogP contribution in [0.4, 0.5) is 5.69 Å². The molecule has 0 bridgehead atoms. The van der Waals surface area contributed by atoms with Gasteiger partial charge >= 0.3 is 0 Å². The minimum absolute atomic E-state index is 0.0637. The number of methoxy groups -OCH3 is 1. The highest BCUT2D eigenvalue weighted by atomic mass is 16.5. The molecule has 1 amide bonds. The number of hydrogen-bond acceptors (Lipinski definition) is 4. The van der Waals surface area contributed by atoms with Crippen molar-refractivity contribution in [1.29, 1.82) is 0 Å². The molecule has 0 saturated heterocycles. The van der Waals surface area contributed by atoms with Gasteiger partial charge in [0.15, 0.2) is 0 Å². The maximum Gasteiger partial charge on any atom is 0.245 e. The van der Waals surface area contributed by atoms with E-state index in [9.17, 15) is 4.79 Å². The van der Waals surface area contributed by atoms with Crippen LogP contribution in [0.5, 0.6) is 5.75 Å². The van der Waals surface area contributed by atoms with E-state index in [2.05, 4.69) is 16.2 Å². The molecule has 0 aliphatic carbocycles. The summed E-state index contributed by atoms with van der Waals surface area (Å²) in [6.45, 7) is 0.664. The first-order valence-corrected chi connectivity index (χ1v) is 5.42. The number of carbonyl (C=O) groups is 1. The molecule has 0 fully saturated rings. The van der Waals surface area contributed by atoms with Crippen LogP contribution in [0, 0.1) is 0 Å². The van der Waals surface area contributed by atoms with Crippen LogP contribution in [0.3, 0.4) is 0 Å². The standard InChI is InChI=1S/C12H15N3O2/c1-17-11-4-2-3-9(7-11)14-15-10-5-6-13-12(16)8-10/h2-4,7-8,14-15H,5-6H2,1H3,(H,13,16). The third kappa shape index (κ3) is 3.14. The van der Waals surface area contributed by atoms with Crippen molar-refractivity contribution < 1.29 is 9.53 Å². The lowest BCUT2D eigenvalue weighted by molar-refractivity contribution is -0.116. The number of ether oxygens (including phenoxy) is 1. The van der Waals surface area contributed by atoms with Gasteiger partial charge in [-0.1, -0.05) is 6.07 Å². The number of rotatable bonds is 4. The number of anilines is 1. The van der Waals surface area contributed by atoms with E-state index in [1.54, 1.807) is 13.2 Å². The molecule has 3 N–H and O–H groups in total. The highest BCUT2D eigenvalue weighted by molar-refractivity contribution is 5.89. The molecule has 17 heavy (non-hydrogen) atoms. The quantitative estimate of drug-likeness (QED) is 0.679. The van der Waals surface area contributed by atoms with Crippen molar-refractivity contribution in [2.24, 2.45) is 0 Å². The van der Waals surface area contributed by atoms with Crippen LogP contribution < -0.4 is 20.9 Å². The van der Waals surface area contributed by atoms with Crippen molar-refractivity contribution in [3.05, 3.63) is 36.0 Å². The minimum Gasteiger partial charge on any atom is -0.497 e. The fourth-order valence-corrected chi connectivity index (χ4v) is 1.55. The highest BCUT2D eigenvalue weighted by Gasteiger charge is 2.07. The van der Waals surface area contributed by atoms with Gasteiger partial charge in [0, 0.05) is 30.8 Å². The van der Waals surface area contributed by atoms with E-state index in [-0.39, 0.29) is 5.91 Å². The predicted octanol–water partition coefficient (Wildman–Crippen LogP) is 1.02. The van der Waals surface area contributed by atoms with E-state index in [0.29, 0.717) is 6.54 Å². The van der Waals surface area contributed by atoms with Gasteiger partial charge in [0.05, 0.1) is 12.8 Å². The van der Waals surface area contributed by atoms with Gasteiger partial charge in [-0.05, 0) is 12.1 Å². The molecule has 1 aromatic carbocycles. The molecule has 5 heteroatoms. The van der Waals surface area contributed by atoms with Crippen LogP contribution in [-0.4, -0.2) is 19.6 Å². The molecule has 1 aliphatic heterocycles. The van der Waals surface area contributed by atoms with Gasteiger partial charge in [0.25, 0.3) is 0 Å². The Morgan fingerprint density at radius 1 is 1.35 bits per heavy atom. The SMILES string of the molecule is COc1cccc(NNC2=CC(=O)NCC2)c1. The second kappa shape index (κ2) is 5.25. The van der Waals surface area contributed by atoms with Crippen molar-refractivity contribution in [3.63, 3.8) is 0 Å². The third-order valence-corrected chi connectivity index (χ3v) is 2.44. The normalized spacial score (nSPS) is 14.6. The van der Waals surface area contributed by atoms with Crippen molar-refractivity contribution in [1.82, 2.24) is 10.7 Å². The van der Waals surface area contributed by atoms with Crippen LogP contribution in [0.2, 0.25) is 0 Å². The monoisotopic (exact) mass is 233 g/mol. The highest BCUT2D eigenvalue weighted by Crippen LogP contribution is 2.16. The Hall–Kier alpha value is -2.17. The Balaban J connectivity index is 1.95. The molecule has 0 radical (unpaired) electrons. The van der Waals surface area contributed by atoms with Gasteiger partial charge in [-0.3, -0.25) is 4.79 Å². The average molecular weight is 233 g/mol.